The zero-order valence-corrected chi connectivity index (χ0v) is 16.3. The van der Waals surface area contributed by atoms with Gasteiger partial charge in [-0.3, -0.25) is 4.79 Å². The Labute approximate surface area is 167 Å². The third-order valence-corrected chi connectivity index (χ3v) is 4.20. The lowest BCUT2D eigenvalue weighted by atomic mass is 10.1. The number of carbonyl (C=O) groups is 1. The van der Waals surface area contributed by atoms with Crippen LogP contribution in [0.1, 0.15) is 11.1 Å². The molecule has 0 aromatic heterocycles. The van der Waals surface area contributed by atoms with E-state index in [1.165, 1.54) is 38.5 Å². The van der Waals surface area contributed by atoms with Crippen molar-refractivity contribution >= 4 is 33.6 Å². The summed E-state index contributed by atoms with van der Waals surface area (Å²) in [6.45, 7) is 0. The van der Waals surface area contributed by atoms with Gasteiger partial charge in [0.1, 0.15) is 11.6 Å². The van der Waals surface area contributed by atoms with Crippen molar-refractivity contribution in [2.75, 3.05) is 19.5 Å². The van der Waals surface area contributed by atoms with E-state index in [2.05, 4.69) is 21.2 Å². The Balaban J connectivity index is 2.38. The average Bonchev–Trinajstić information content (AvgIpc) is 2.65. The molecule has 5 nitrogen and oxygen atoms in total. The van der Waals surface area contributed by atoms with Crippen LogP contribution in [0.5, 0.6) is 11.5 Å². The second-order valence-corrected chi connectivity index (χ2v) is 6.26. The number of amides is 1. The normalized spacial score (nSPS) is 11.5. The minimum Gasteiger partial charge on any atom is -0.493 e. The lowest BCUT2D eigenvalue weighted by molar-refractivity contribution is -0.137. The number of carbonyl (C=O) groups excluding carboxylic acids is 1. The van der Waals surface area contributed by atoms with E-state index in [0.29, 0.717) is 21.5 Å². The molecule has 0 atom stereocenters. The lowest BCUT2D eigenvalue weighted by Gasteiger charge is -2.13. The molecule has 1 N–H and O–H groups in total. The molecule has 0 heterocycles. The first-order chi connectivity index (χ1) is 13.2. The molecule has 0 aliphatic carbocycles. The van der Waals surface area contributed by atoms with Crippen molar-refractivity contribution in [2.45, 2.75) is 6.18 Å². The largest absolute Gasteiger partial charge is 0.493 e. The molecule has 0 saturated carbocycles. The van der Waals surface area contributed by atoms with Crippen LogP contribution in [0.3, 0.4) is 0 Å². The van der Waals surface area contributed by atoms with Crippen LogP contribution in [0.4, 0.5) is 18.9 Å². The number of hydrogen-bond acceptors (Lipinski definition) is 4. The van der Waals surface area contributed by atoms with Crippen molar-refractivity contribution in [1.29, 1.82) is 5.26 Å². The maximum Gasteiger partial charge on any atom is 0.418 e. The van der Waals surface area contributed by atoms with Gasteiger partial charge in [0.15, 0.2) is 11.5 Å². The number of nitrogens with one attached hydrogen (secondary N) is 1. The standard InChI is InChI=1S/C19H14BrF3N2O3/c1-27-16-9-11(8-14(20)17(16)28-2)7-12(10-24)18(26)25-15-6-4-3-5-13(15)19(21,22)23/h3-9H,1-2H3,(H,25,26)/b12-7-. The minimum absolute atomic E-state index is 0.350. The number of nitrogens with zero attached hydrogens (tertiary/aromatic N) is 1. The van der Waals surface area contributed by atoms with Crippen molar-refractivity contribution in [3.63, 3.8) is 0 Å². The molecule has 0 spiro atoms. The van der Waals surface area contributed by atoms with Gasteiger partial charge >= 0.3 is 6.18 Å². The Kier molecular flexibility index (Phi) is 6.70. The van der Waals surface area contributed by atoms with Gasteiger partial charge in [-0.25, -0.2) is 0 Å². The predicted molar refractivity (Wildman–Crippen MR) is 101 cm³/mol. The van der Waals surface area contributed by atoms with E-state index >= 15 is 0 Å². The fourth-order valence-electron chi connectivity index (χ4n) is 2.37. The number of rotatable bonds is 5. The fraction of sp³-hybridized carbons (Fsp3) is 0.158. The smallest absolute Gasteiger partial charge is 0.418 e. The number of ether oxygens (including phenoxy) is 2. The van der Waals surface area contributed by atoms with Gasteiger partial charge in [-0.1, -0.05) is 12.1 Å². The van der Waals surface area contributed by atoms with Crippen LogP contribution >= 0.6 is 15.9 Å². The van der Waals surface area contributed by atoms with Gasteiger partial charge in [-0.2, -0.15) is 18.4 Å². The number of benzene rings is 2. The number of nitriles is 1. The van der Waals surface area contributed by atoms with Gasteiger partial charge in [0.05, 0.1) is 29.9 Å². The first-order valence-corrected chi connectivity index (χ1v) is 8.51. The minimum atomic E-state index is -4.64. The Hall–Kier alpha value is -2.99. The molecular weight excluding hydrogens is 441 g/mol. The van der Waals surface area contributed by atoms with Gasteiger partial charge in [0.25, 0.3) is 5.91 Å². The molecule has 2 aromatic rings. The molecule has 0 aliphatic heterocycles. The number of alkyl halides is 3. The maximum atomic E-state index is 13.1. The first kappa shape index (κ1) is 21.3. The number of hydrogen-bond donors (Lipinski definition) is 1. The Morgan fingerprint density at radius 1 is 1.21 bits per heavy atom. The number of anilines is 1. The van der Waals surface area contributed by atoms with E-state index in [0.717, 1.165) is 12.1 Å². The summed E-state index contributed by atoms with van der Waals surface area (Å²) in [7, 11) is 2.87. The summed E-state index contributed by atoms with van der Waals surface area (Å²) >= 11 is 3.29. The number of methoxy groups -OCH3 is 2. The summed E-state index contributed by atoms with van der Waals surface area (Å²) in [4.78, 5) is 12.4. The molecule has 0 fully saturated rings. The van der Waals surface area contributed by atoms with Crippen LogP contribution in [0.2, 0.25) is 0 Å². The summed E-state index contributed by atoms with van der Waals surface area (Å²) in [6.07, 6.45) is -3.41. The summed E-state index contributed by atoms with van der Waals surface area (Å²) in [5.41, 5.74) is -1.40. The molecule has 28 heavy (non-hydrogen) atoms. The van der Waals surface area contributed by atoms with E-state index < -0.39 is 23.3 Å². The topological polar surface area (TPSA) is 71.3 Å². The molecule has 1 amide bonds. The van der Waals surface area contributed by atoms with Crippen molar-refractivity contribution < 1.29 is 27.4 Å². The highest BCUT2D eigenvalue weighted by molar-refractivity contribution is 9.10. The molecule has 0 radical (unpaired) electrons. The van der Waals surface area contributed by atoms with Crippen LogP contribution in [-0.2, 0) is 11.0 Å². The van der Waals surface area contributed by atoms with Crippen molar-refractivity contribution in [1.82, 2.24) is 0 Å². The molecule has 0 aliphatic rings. The van der Waals surface area contributed by atoms with E-state index in [-0.39, 0.29) is 5.57 Å². The lowest BCUT2D eigenvalue weighted by Crippen LogP contribution is -2.17. The maximum absolute atomic E-state index is 13.1. The molecule has 2 rings (SSSR count). The van der Waals surface area contributed by atoms with E-state index in [1.54, 1.807) is 12.1 Å². The fourth-order valence-corrected chi connectivity index (χ4v) is 2.99. The Morgan fingerprint density at radius 3 is 2.46 bits per heavy atom. The van der Waals surface area contributed by atoms with Crippen LogP contribution < -0.4 is 14.8 Å². The second kappa shape index (κ2) is 8.80. The third kappa shape index (κ3) is 4.84. The van der Waals surface area contributed by atoms with Crippen LogP contribution in [0.25, 0.3) is 6.08 Å². The van der Waals surface area contributed by atoms with Gasteiger partial charge in [0, 0.05) is 0 Å². The number of para-hydroxylation sites is 1. The quantitative estimate of drug-likeness (QED) is 0.507. The zero-order chi connectivity index (χ0) is 20.9. The average molecular weight is 455 g/mol. The van der Waals surface area contributed by atoms with E-state index in [4.69, 9.17) is 9.47 Å². The summed E-state index contributed by atoms with van der Waals surface area (Å²) in [6, 6.07) is 9.32. The summed E-state index contributed by atoms with van der Waals surface area (Å²) in [5.74, 6) is -0.199. The summed E-state index contributed by atoms with van der Waals surface area (Å²) < 4.78 is 50.1. The Morgan fingerprint density at radius 2 is 1.89 bits per heavy atom. The van der Waals surface area contributed by atoms with Crippen LogP contribution in [0, 0.1) is 11.3 Å². The highest BCUT2D eigenvalue weighted by Gasteiger charge is 2.33. The monoisotopic (exact) mass is 454 g/mol. The van der Waals surface area contributed by atoms with Crippen molar-refractivity contribution in [2.24, 2.45) is 0 Å². The summed E-state index contributed by atoms with van der Waals surface area (Å²) in [5, 5.41) is 11.4. The SMILES string of the molecule is COc1cc(/C=C(/C#N)C(=O)Nc2ccccc2C(F)(F)F)cc(Br)c1OC. The third-order valence-electron chi connectivity index (χ3n) is 3.61. The van der Waals surface area contributed by atoms with Crippen molar-refractivity contribution in [3.05, 3.63) is 57.6 Å². The highest BCUT2D eigenvalue weighted by atomic mass is 79.9. The van der Waals surface area contributed by atoms with Gasteiger partial charge in [0.2, 0.25) is 0 Å². The van der Waals surface area contributed by atoms with E-state index in [1.807, 2.05) is 0 Å². The molecule has 0 bridgehead atoms. The van der Waals surface area contributed by atoms with Gasteiger partial charge < -0.3 is 14.8 Å². The molecular formula is C19H14BrF3N2O3. The predicted octanol–water partition coefficient (Wildman–Crippen LogP) is 5.03. The molecule has 0 saturated heterocycles. The molecule has 2 aromatic carbocycles. The first-order valence-electron chi connectivity index (χ1n) is 7.72. The van der Waals surface area contributed by atoms with Gasteiger partial charge in [-0.05, 0) is 51.8 Å². The zero-order valence-electron chi connectivity index (χ0n) is 14.7. The Bertz CT molecular complexity index is 966. The molecule has 9 heteroatoms. The second-order valence-electron chi connectivity index (χ2n) is 5.41. The van der Waals surface area contributed by atoms with Gasteiger partial charge in [-0.15, -0.1) is 0 Å². The van der Waals surface area contributed by atoms with Crippen LogP contribution in [0.15, 0.2) is 46.4 Å². The van der Waals surface area contributed by atoms with E-state index in [9.17, 15) is 23.2 Å². The van der Waals surface area contributed by atoms with Crippen LogP contribution in [-0.4, -0.2) is 20.1 Å². The number of halogens is 4. The van der Waals surface area contributed by atoms with Crippen molar-refractivity contribution in [3.8, 4) is 17.6 Å². The molecule has 146 valence electrons. The molecule has 0 unspecified atom stereocenters. The highest BCUT2D eigenvalue weighted by Crippen LogP contribution is 2.37.